The number of hydrogen-bond donors (Lipinski definition) is 1. The standard InChI is InChI=1S/C10H18N2O3/c1-8(2)7-15-11-9(13)6-12-5-3-4-10(12)14/h8H,3-7H2,1-2H3,(H,11,13). The van der Waals surface area contributed by atoms with Crippen molar-refractivity contribution >= 4 is 11.8 Å². The SMILES string of the molecule is CC(C)CONC(=O)CN1CCCC1=O. The number of rotatable bonds is 5. The molecule has 1 heterocycles. The van der Waals surface area contributed by atoms with Gasteiger partial charge in [0, 0.05) is 13.0 Å². The number of hydroxylamine groups is 1. The minimum atomic E-state index is -0.258. The summed E-state index contributed by atoms with van der Waals surface area (Å²) in [7, 11) is 0. The first-order chi connectivity index (χ1) is 7.09. The highest BCUT2D eigenvalue weighted by Crippen LogP contribution is 2.08. The second-order valence-corrected chi connectivity index (χ2v) is 4.15. The fourth-order valence-corrected chi connectivity index (χ4v) is 1.37. The summed E-state index contributed by atoms with van der Waals surface area (Å²) in [6, 6.07) is 0. The number of carbonyl (C=O) groups is 2. The first-order valence-corrected chi connectivity index (χ1v) is 5.28. The third-order valence-electron chi connectivity index (χ3n) is 2.11. The lowest BCUT2D eigenvalue weighted by molar-refractivity contribution is -0.140. The molecule has 0 aromatic carbocycles. The van der Waals surface area contributed by atoms with Crippen LogP contribution in [0.15, 0.2) is 0 Å². The van der Waals surface area contributed by atoms with E-state index in [0.717, 1.165) is 6.42 Å². The molecule has 15 heavy (non-hydrogen) atoms. The molecule has 1 N–H and O–H groups in total. The van der Waals surface area contributed by atoms with Crippen LogP contribution in [0.2, 0.25) is 0 Å². The maximum Gasteiger partial charge on any atom is 0.263 e. The van der Waals surface area contributed by atoms with Crippen LogP contribution in [0, 0.1) is 5.92 Å². The van der Waals surface area contributed by atoms with Crippen molar-refractivity contribution in [1.29, 1.82) is 0 Å². The average Bonchev–Trinajstić information content (AvgIpc) is 2.51. The van der Waals surface area contributed by atoms with Crippen molar-refractivity contribution in [2.24, 2.45) is 5.92 Å². The van der Waals surface area contributed by atoms with E-state index in [2.05, 4.69) is 5.48 Å². The first-order valence-electron chi connectivity index (χ1n) is 5.28. The van der Waals surface area contributed by atoms with E-state index >= 15 is 0 Å². The van der Waals surface area contributed by atoms with Gasteiger partial charge in [0.25, 0.3) is 5.91 Å². The normalized spacial score (nSPS) is 16.2. The van der Waals surface area contributed by atoms with Gasteiger partial charge in [0.05, 0.1) is 6.61 Å². The fraction of sp³-hybridized carbons (Fsp3) is 0.800. The molecule has 0 aromatic heterocycles. The van der Waals surface area contributed by atoms with E-state index < -0.39 is 0 Å². The number of hydrogen-bond acceptors (Lipinski definition) is 3. The second-order valence-electron chi connectivity index (χ2n) is 4.15. The third kappa shape index (κ3) is 4.29. The van der Waals surface area contributed by atoms with Gasteiger partial charge in [-0.1, -0.05) is 13.8 Å². The molecule has 0 spiro atoms. The van der Waals surface area contributed by atoms with Crippen molar-refractivity contribution < 1.29 is 14.4 Å². The Morgan fingerprint density at radius 2 is 2.33 bits per heavy atom. The molecule has 1 fully saturated rings. The van der Waals surface area contributed by atoms with E-state index in [9.17, 15) is 9.59 Å². The van der Waals surface area contributed by atoms with Gasteiger partial charge in [-0.05, 0) is 12.3 Å². The number of nitrogens with zero attached hydrogens (tertiary/aromatic N) is 1. The maximum absolute atomic E-state index is 11.3. The van der Waals surface area contributed by atoms with Crippen LogP contribution in [-0.2, 0) is 14.4 Å². The van der Waals surface area contributed by atoms with Crippen molar-refractivity contribution in [2.75, 3.05) is 19.7 Å². The zero-order chi connectivity index (χ0) is 11.3. The molecule has 1 saturated heterocycles. The number of likely N-dealkylation sites (tertiary alicyclic amines) is 1. The maximum atomic E-state index is 11.3. The molecule has 1 rings (SSSR count). The van der Waals surface area contributed by atoms with Gasteiger partial charge in [0.15, 0.2) is 0 Å². The Kier molecular flexibility index (Phi) is 4.55. The number of carbonyl (C=O) groups excluding carboxylic acids is 2. The Labute approximate surface area is 89.7 Å². The van der Waals surface area contributed by atoms with E-state index in [4.69, 9.17) is 4.84 Å². The zero-order valence-corrected chi connectivity index (χ0v) is 9.28. The van der Waals surface area contributed by atoms with Crippen molar-refractivity contribution in [1.82, 2.24) is 10.4 Å². The number of nitrogens with one attached hydrogen (secondary N) is 1. The van der Waals surface area contributed by atoms with Crippen molar-refractivity contribution in [2.45, 2.75) is 26.7 Å². The highest BCUT2D eigenvalue weighted by molar-refractivity contribution is 5.85. The van der Waals surface area contributed by atoms with Crippen LogP contribution in [0.4, 0.5) is 0 Å². The molecular weight excluding hydrogens is 196 g/mol. The summed E-state index contributed by atoms with van der Waals surface area (Å²) in [4.78, 5) is 29.0. The van der Waals surface area contributed by atoms with Crippen LogP contribution in [0.1, 0.15) is 26.7 Å². The van der Waals surface area contributed by atoms with Crippen molar-refractivity contribution in [3.63, 3.8) is 0 Å². The third-order valence-corrected chi connectivity index (χ3v) is 2.11. The molecule has 0 radical (unpaired) electrons. The predicted octanol–water partition coefficient (Wildman–Crippen LogP) is 0.313. The molecule has 0 unspecified atom stereocenters. The van der Waals surface area contributed by atoms with E-state index in [1.807, 2.05) is 13.8 Å². The highest BCUT2D eigenvalue weighted by Gasteiger charge is 2.22. The summed E-state index contributed by atoms with van der Waals surface area (Å²) < 4.78 is 0. The lowest BCUT2D eigenvalue weighted by Crippen LogP contribution is -2.38. The van der Waals surface area contributed by atoms with Crippen LogP contribution < -0.4 is 5.48 Å². The highest BCUT2D eigenvalue weighted by atomic mass is 16.6. The van der Waals surface area contributed by atoms with Crippen LogP contribution in [0.25, 0.3) is 0 Å². The molecular formula is C10H18N2O3. The predicted molar refractivity (Wildman–Crippen MR) is 54.7 cm³/mol. The Bertz CT molecular complexity index is 241. The van der Waals surface area contributed by atoms with Crippen molar-refractivity contribution in [3.8, 4) is 0 Å². The largest absolute Gasteiger partial charge is 0.333 e. The summed E-state index contributed by atoms with van der Waals surface area (Å²) in [5.74, 6) is 0.165. The molecule has 0 aromatic rings. The van der Waals surface area contributed by atoms with Gasteiger partial charge in [-0.3, -0.25) is 14.4 Å². The molecule has 0 bridgehead atoms. The Morgan fingerprint density at radius 1 is 1.60 bits per heavy atom. The van der Waals surface area contributed by atoms with Crippen LogP contribution >= 0.6 is 0 Å². The van der Waals surface area contributed by atoms with Gasteiger partial charge >= 0.3 is 0 Å². The molecule has 5 nitrogen and oxygen atoms in total. The van der Waals surface area contributed by atoms with Crippen LogP contribution in [0.5, 0.6) is 0 Å². The lowest BCUT2D eigenvalue weighted by atomic mass is 10.2. The molecule has 5 heteroatoms. The molecule has 0 saturated carbocycles. The van der Waals surface area contributed by atoms with E-state index in [-0.39, 0.29) is 18.4 Å². The fourth-order valence-electron chi connectivity index (χ4n) is 1.37. The minimum Gasteiger partial charge on any atom is -0.333 e. The van der Waals surface area contributed by atoms with Gasteiger partial charge in [0.1, 0.15) is 6.54 Å². The molecule has 2 amide bonds. The smallest absolute Gasteiger partial charge is 0.263 e. The monoisotopic (exact) mass is 214 g/mol. The molecule has 1 aliphatic rings. The van der Waals surface area contributed by atoms with Crippen molar-refractivity contribution in [3.05, 3.63) is 0 Å². The quantitative estimate of drug-likeness (QED) is 0.670. The molecule has 0 atom stereocenters. The zero-order valence-electron chi connectivity index (χ0n) is 9.28. The topological polar surface area (TPSA) is 58.6 Å². The van der Waals surface area contributed by atoms with Gasteiger partial charge in [0.2, 0.25) is 5.91 Å². The Morgan fingerprint density at radius 3 is 2.87 bits per heavy atom. The van der Waals surface area contributed by atoms with E-state index in [1.54, 1.807) is 4.90 Å². The molecule has 86 valence electrons. The summed E-state index contributed by atoms with van der Waals surface area (Å²) in [5, 5.41) is 0. The van der Waals surface area contributed by atoms with Gasteiger partial charge in [-0.15, -0.1) is 0 Å². The minimum absolute atomic E-state index is 0.0500. The lowest BCUT2D eigenvalue weighted by Gasteiger charge is -2.15. The van der Waals surface area contributed by atoms with E-state index in [0.29, 0.717) is 25.5 Å². The number of amides is 2. The van der Waals surface area contributed by atoms with Crippen LogP contribution in [-0.4, -0.2) is 36.4 Å². The summed E-state index contributed by atoms with van der Waals surface area (Å²) in [6.45, 7) is 5.26. The molecule has 1 aliphatic heterocycles. The average molecular weight is 214 g/mol. The second kappa shape index (κ2) is 5.70. The molecule has 0 aliphatic carbocycles. The van der Waals surface area contributed by atoms with Gasteiger partial charge in [-0.25, -0.2) is 5.48 Å². The Balaban J connectivity index is 2.15. The first kappa shape index (κ1) is 12.0. The van der Waals surface area contributed by atoms with Gasteiger partial charge < -0.3 is 4.90 Å². The van der Waals surface area contributed by atoms with Gasteiger partial charge in [-0.2, -0.15) is 0 Å². The van der Waals surface area contributed by atoms with Crippen LogP contribution in [0.3, 0.4) is 0 Å². The summed E-state index contributed by atoms with van der Waals surface area (Å²) in [6.07, 6.45) is 1.40. The Hall–Kier alpha value is -1.10. The van der Waals surface area contributed by atoms with E-state index in [1.165, 1.54) is 0 Å². The summed E-state index contributed by atoms with van der Waals surface area (Å²) >= 11 is 0. The summed E-state index contributed by atoms with van der Waals surface area (Å²) in [5.41, 5.74) is 2.33.